The van der Waals surface area contributed by atoms with Gasteiger partial charge in [-0.15, -0.1) is 0 Å². The fraction of sp³-hybridized carbons (Fsp3) is 0.417. The summed E-state index contributed by atoms with van der Waals surface area (Å²) in [6.45, 7) is 5.41. The number of carbonyl (C=O) groups is 2. The van der Waals surface area contributed by atoms with Crippen LogP contribution in [0.15, 0.2) is 48.5 Å². The molecule has 31 heavy (non-hydrogen) atoms. The summed E-state index contributed by atoms with van der Waals surface area (Å²) in [5.41, 5.74) is 2.26. The number of hydrogen-bond donors (Lipinski definition) is 0. The SMILES string of the molecule is CC(C(=O)N1CCc2ccccc21)N1CCN(C(=O)C2COc3ccccc3O2)CC1. The first kappa shape index (κ1) is 19.9. The molecule has 0 radical (unpaired) electrons. The summed E-state index contributed by atoms with van der Waals surface area (Å²) >= 11 is 0. The fourth-order valence-electron chi connectivity index (χ4n) is 4.62. The number of benzene rings is 2. The second-order valence-corrected chi connectivity index (χ2v) is 8.27. The lowest BCUT2D eigenvalue weighted by Crippen LogP contribution is -2.57. The Balaban J connectivity index is 1.17. The predicted molar refractivity (Wildman–Crippen MR) is 116 cm³/mol. The highest BCUT2D eigenvalue weighted by Gasteiger charge is 2.36. The van der Waals surface area contributed by atoms with Gasteiger partial charge >= 0.3 is 0 Å². The van der Waals surface area contributed by atoms with Gasteiger partial charge in [0.05, 0.1) is 6.04 Å². The normalized spacial score (nSPS) is 21.5. The Labute approximate surface area is 182 Å². The molecule has 2 aromatic carbocycles. The summed E-state index contributed by atoms with van der Waals surface area (Å²) in [5.74, 6) is 1.36. The molecule has 1 fully saturated rings. The van der Waals surface area contributed by atoms with Crippen LogP contribution in [0.25, 0.3) is 0 Å². The highest BCUT2D eigenvalue weighted by Crippen LogP contribution is 2.32. The lowest BCUT2D eigenvalue weighted by molar-refractivity contribution is -0.143. The molecule has 0 spiro atoms. The molecule has 2 aromatic rings. The molecule has 1 saturated heterocycles. The topological polar surface area (TPSA) is 62.3 Å². The maximum atomic E-state index is 13.2. The highest BCUT2D eigenvalue weighted by atomic mass is 16.6. The van der Waals surface area contributed by atoms with E-state index in [2.05, 4.69) is 11.0 Å². The van der Waals surface area contributed by atoms with Gasteiger partial charge in [0.2, 0.25) is 12.0 Å². The van der Waals surface area contributed by atoms with Gasteiger partial charge in [-0.25, -0.2) is 0 Å². The van der Waals surface area contributed by atoms with Gasteiger partial charge < -0.3 is 19.3 Å². The van der Waals surface area contributed by atoms with Crippen molar-refractivity contribution < 1.29 is 19.1 Å². The van der Waals surface area contributed by atoms with Gasteiger partial charge in [-0.1, -0.05) is 30.3 Å². The minimum Gasteiger partial charge on any atom is -0.485 e. The standard InChI is InChI=1S/C24H27N3O4/c1-17(23(28)27-11-10-18-6-2-3-7-19(18)27)25-12-14-26(15-13-25)24(29)22-16-30-20-8-4-5-9-21(20)31-22/h2-9,17,22H,10-16H2,1H3. The van der Waals surface area contributed by atoms with E-state index in [1.54, 1.807) is 0 Å². The Kier molecular flexibility index (Phi) is 5.28. The molecule has 3 aliphatic heterocycles. The first-order valence-corrected chi connectivity index (χ1v) is 10.9. The van der Waals surface area contributed by atoms with E-state index in [0.29, 0.717) is 37.7 Å². The Hall–Kier alpha value is -3.06. The van der Waals surface area contributed by atoms with Crippen molar-refractivity contribution in [2.75, 3.05) is 44.2 Å². The first-order valence-electron chi connectivity index (χ1n) is 10.9. The monoisotopic (exact) mass is 421 g/mol. The molecule has 0 aliphatic carbocycles. The van der Waals surface area contributed by atoms with Crippen LogP contribution in [0.5, 0.6) is 11.5 Å². The van der Waals surface area contributed by atoms with E-state index in [1.165, 1.54) is 5.56 Å². The molecule has 7 nitrogen and oxygen atoms in total. The van der Waals surface area contributed by atoms with Crippen molar-refractivity contribution in [2.24, 2.45) is 0 Å². The van der Waals surface area contributed by atoms with Gasteiger partial charge in [-0.2, -0.15) is 0 Å². The summed E-state index contributed by atoms with van der Waals surface area (Å²) in [5, 5.41) is 0. The molecule has 0 saturated carbocycles. The van der Waals surface area contributed by atoms with Crippen LogP contribution in [0, 0.1) is 0 Å². The number of fused-ring (bicyclic) bond motifs is 2. The number of anilines is 1. The van der Waals surface area contributed by atoms with Crippen molar-refractivity contribution >= 4 is 17.5 Å². The van der Waals surface area contributed by atoms with E-state index in [9.17, 15) is 9.59 Å². The number of carbonyl (C=O) groups excluding carboxylic acids is 2. The van der Waals surface area contributed by atoms with Gasteiger partial charge in [-0.3, -0.25) is 14.5 Å². The second-order valence-electron chi connectivity index (χ2n) is 8.27. The van der Waals surface area contributed by atoms with E-state index >= 15 is 0 Å². The van der Waals surface area contributed by atoms with Gasteiger partial charge in [0, 0.05) is 38.4 Å². The summed E-state index contributed by atoms with van der Waals surface area (Å²) in [6, 6.07) is 15.3. The Morgan fingerprint density at radius 2 is 1.65 bits per heavy atom. The van der Waals surface area contributed by atoms with Crippen LogP contribution in [-0.2, 0) is 16.0 Å². The summed E-state index contributed by atoms with van der Waals surface area (Å²) < 4.78 is 11.6. The average molecular weight is 421 g/mol. The third kappa shape index (κ3) is 3.74. The summed E-state index contributed by atoms with van der Waals surface area (Å²) in [4.78, 5) is 32.0. The zero-order valence-electron chi connectivity index (χ0n) is 17.7. The Bertz CT molecular complexity index is 986. The molecule has 0 aromatic heterocycles. The van der Waals surface area contributed by atoms with Gasteiger partial charge in [0.1, 0.15) is 6.61 Å². The van der Waals surface area contributed by atoms with Crippen molar-refractivity contribution in [1.29, 1.82) is 0 Å². The lowest BCUT2D eigenvalue weighted by Gasteiger charge is -2.39. The molecule has 0 bridgehead atoms. The smallest absolute Gasteiger partial charge is 0.267 e. The van der Waals surface area contributed by atoms with Crippen molar-refractivity contribution in [2.45, 2.75) is 25.5 Å². The molecule has 3 heterocycles. The minimum atomic E-state index is -0.624. The number of hydrogen-bond acceptors (Lipinski definition) is 5. The molecule has 5 rings (SSSR count). The quantitative estimate of drug-likeness (QED) is 0.758. The number of para-hydroxylation sites is 3. The van der Waals surface area contributed by atoms with Gasteiger partial charge in [0.25, 0.3) is 5.91 Å². The maximum absolute atomic E-state index is 13.2. The molecular weight excluding hydrogens is 394 g/mol. The van der Waals surface area contributed by atoms with Crippen LogP contribution >= 0.6 is 0 Å². The number of piperazine rings is 1. The van der Waals surface area contributed by atoms with Crippen LogP contribution in [0.3, 0.4) is 0 Å². The number of nitrogens with zero attached hydrogens (tertiary/aromatic N) is 3. The van der Waals surface area contributed by atoms with Gasteiger partial charge in [-0.05, 0) is 37.1 Å². The van der Waals surface area contributed by atoms with E-state index in [1.807, 2.05) is 59.2 Å². The van der Waals surface area contributed by atoms with E-state index in [4.69, 9.17) is 9.47 Å². The first-order chi connectivity index (χ1) is 15.1. The molecule has 2 atom stereocenters. The van der Waals surface area contributed by atoms with Crippen LogP contribution in [0.2, 0.25) is 0 Å². The molecule has 7 heteroatoms. The zero-order chi connectivity index (χ0) is 21.4. The van der Waals surface area contributed by atoms with E-state index in [-0.39, 0.29) is 24.5 Å². The van der Waals surface area contributed by atoms with Crippen LogP contribution in [-0.4, -0.2) is 73.1 Å². The Morgan fingerprint density at radius 1 is 0.935 bits per heavy atom. The maximum Gasteiger partial charge on any atom is 0.267 e. The molecule has 2 amide bonds. The third-order valence-corrected chi connectivity index (χ3v) is 6.47. The fourth-order valence-corrected chi connectivity index (χ4v) is 4.62. The molecule has 0 N–H and O–H groups in total. The summed E-state index contributed by atoms with van der Waals surface area (Å²) in [6.07, 6.45) is 0.283. The van der Waals surface area contributed by atoms with Crippen molar-refractivity contribution in [3.8, 4) is 11.5 Å². The predicted octanol–water partition coefficient (Wildman–Crippen LogP) is 1.95. The number of amides is 2. The highest BCUT2D eigenvalue weighted by molar-refractivity contribution is 5.98. The van der Waals surface area contributed by atoms with E-state index in [0.717, 1.165) is 18.7 Å². The minimum absolute atomic E-state index is 0.0541. The van der Waals surface area contributed by atoms with Crippen molar-refractivity contribution in [3.63, 3.8) is 0 Å². The van der Waals surface area contributed by atoms with Crippen molar-refractivity contribution in [3.05, 3.63) is 54.1 Å². The molecular formula is C24H27N3O4. The summed E-state index contributed by atoms with van der Waals surface area (Å²) in [7, 11) is 0. The van der Waals surface area contributed by atoms with Crippen LogP contribution < -0.4 is 14.4 Å². The van der Waals surface area contributed by atoms with Crippen LogP contribution in [0.4, 0.5) is 5.69 Å². The van der Waals surface area contributed by atoms with Crippen molar-refractivity contribution in [1.82, 2.24) is 9.80 Å². The molecule has 3 aliphatic rings. The van der Waals surface area contributed by atoms with E-state index < -0.39 is 6.10 Å². The number of rotatable bonds is 3. The second kappa shape index (κ2) is 8.23. The third-order valence-electron chi connectivity index (χ3n) is 6.47. The van der Waals surface area contributed by atoms with Crippen LogP contribution in [0.1, 0.15) is 12.5 Å². The Morgan fingerprint density at radius 3 is 2.45 bits per heavy atom. The number of ether oxygens (including phenoxy) is 2. The molecule has 2 unspecified atom stereocenters. The van der Waals surface area contributed by atoms with Gasteiger partial charge in [0.15, 0.2) is 11.5 Å². The average Bonchev–Trinajstić information content (AvgIpc) is 3.26. The largest absolute Gasteiger partial charge is 0.485 e. The zero-order valence-corrected chi connectivity index (χ0v) is 17.7. The lowest BCUT2D eigenvalue weighted by atomic mass is 10.1. The molecule has 162 valence electrons.